The van der Waals surface area contributed by atoms with Crippen molar-refractivity contribution in [3.05, 3.63) is 21.9 Å². The van der Waals surface area contributed by atoms with Crippen molar-refractivity contribution in [1.82, 2.24) is 4.90 Å². The normalized spacial score (nSPS) is 32.3. The summed E-state index contributed by atoms with van der Waals surface area (Å²) in [6.07, 6.45) is 0. The highest BCUT2D eigenvalue weighted by Gasteiger charge is 2.70. The lowest BCUT2D eigenvalue weighted by atomic mass is 9.81. The molecule has 4 atom stereocenters. The number of likely N-dealkylation sites (tertiary alicyclic amines) is 1. The van der Waals surface area contributed by atoms with E-state index in [1.807, 2.05) is 23.7 Å². The minimum atomic E-state index is -1.07. The van der Waals surface area contributed by atoms with Gasteiger partial charge in [-0.15, -0.1) is 11.3 Å². The van der Waals surface area contributed by atoms with Crippen LogP contribution in [0.25, 0.3) is 0 Å². The molecule has 1 aromatic heterocycles. The largest absolute Gasteiger partial charge is 0.461 e. The molecule has 2 saturated heterocycles. The Morgan fingerprint density at radius 2 is 2.08 bits per heavy atom. The van der Waals surface area contributed by atoms with Crippen molar-refractivity contribution in [3.8, 4) is 0 Å². The molecule has 2 fully saturated rings. The maximum Gasteiger partial charge on any atom is 0.368 e. The van der Waals surface area contributed by atoms with Crippen LogP contribution in [0.2, 0.25) is 0 Å². The Kier molecular flexibility index (Phi) is 4.25. The lowest BCUT2D eigenvalue weighted by Gasteiger charge is -2.25. The predicted molar refractivity (Wildman–Crippen MR) is 88.1 cm³/mol. The van der Waals surface area contributed by atoms with E-state index in [0.717, 1.165) is 10.4 Å². The number of quaternary nitrogens is 1. The second-order valence-electron chi connectivity index (χ2n) is 6.59. The summed E-state index contributed by atoms with van der Waals surface area (Å²) in [4.78, 5) is 40.6. The molecule has 130 valence electrons. The molecule has 7 heteroatoms. The summed E-state index contributed by atoms with van der Waals surface area (Å²) in [6.45, 7) is 7.84. The number of hydrogen-bond donors (Lipinski definition) is 1. The molecule has 0 bridgehead atoms. The third-order valence-corrected chi connectivity index (χ3v) is 6.36. The van der Waals surface area contributed by atoms with Crippen molar-refractivity contribution in [1.29, 1.82) is 0 Å². The van der Waals surface area contributed by atoms with Gasteiger partial charge in [0.1, 0.15) is 17.9 Å². The van der Waals surface area contributed by atoms with Crippen LogP contribution in [-0.2, 0) is 19.1 Å². The molecule has 3 rings (SSSR count). The van der Waals surface area contributed by atoms with Crippen molar-refractivity contribution in [2.45, 2.75) is 39.3 Å². The van der Waals surface area contributed by atoms with Crippen LogP contribution in [0.3, 0.4) is 0 Å². The van der Waals surface area contributed by atoms with E-state index in [1.54, 1.807) is 32.1 Å². The SMILES string of the molecule is CCOC(=O)[C@]1(C)[NH2+][C@@H](c2sccc2C)[C@H]2C(=O)N(CC)C(=O)[C@H]21. The Morgan fingerprint density at radius 3 is 2.62 bits per heavy atom. The molecule has 0 saturated carbocycles. The second kappa shape index (κ2) is 5.97. The number of aryl methyl sites for hydroxylation is 1. The van der Waals surface area contributed by atoms with Crippen LogP contribution < -0.4 is 5.32 Å². The Bertz CT molecular complexity index is 701. The minimum Gasteiger partial charge on any atom is -0.461 e. The van der Waals surface area contributed by atoms with Crippen LogP contribution >= 0.6 is 11.3 Å². The lowest BCUT2D eigenvalue weighted by Crippen LogP contribution is -2.97. The number of nitrogens with zero attached hydrogens (tertiary/aromatic N) is 1. The summed E-state index contributed by atoms with van der Waals surface area (Å²) >= 11 is 1.57. The van der Waals surface area contributed by atoms with Gasteiger partial charge in [-0.25, -0.2) is 4.79 Å². The molecule has 0 aromatic carbocycles. The molecule has 2 amide bonds. The molecule has 0 radical (unpaired) electrons. The van der Waals surface area contributed by atoms with E-state index in [4.69, 9.17) is 4.74 Å². The average molecular weight is 351 g/mol. The summed E-state index contributed by atoms with van der Waals surface area (Å²) in [5, 5.41) is 3.86. The van der Waals surface area contributed by atoms with Crippen LogP contribution in [0.4, 0.5) is 0 Å². The Labute approximate surface area is 145 Å². The summed E-state index contributed by atoms with van der Waals surface area (Å²) in [5.74, 6) is -2.03. The van der Waals surface area contributed by atoms with E-state index in [9.17, 15) is 14.4 Å². The summed E-state index contributed by atoms with van der Waals surface area (Å²) in [7, 11) is 0. The lowest BCUT2D eigenvalue weighted by molar-refractivity contribution is -0.730. The zero-order valence-electron chi connectivity index (χ0n) is 14.4. The fourth-order valence-corrected chi connectivity index (χ4v) is 5.13. The zero-order valence-corrected chi connectivity index (χ0v) is 15.2. The molecule has 2 aliphatic rings. The summed E-state index contributed by atoms with van der Waals surface area (Å²) in [6, 6.07) is 1.78. The number of ether oxygens (including phenoxy) is 1. The van der Waals surface area contributed by atoms with Crippen molar-refractivity contribution in [2.24, 2.45) is 11.8 Å². The van der Waals surface area contributed by atoms with Gasteiger partial charge in [-0.1, -0.05) is 0 Å². The number of esters is 1. The van der Waals surface area contributed by atoms with Gasteiger partial charge >= 0.3 is 5.97 Å². The molecule has 0 aliphatic carbocycles. The summed E-state index contributed by atoms with van der Waals surface area (Å²) in [5.41, 5.74) is 0.0154. The van der Waals surface area contributed by atoms with E-state index in [-0.39, 0.29) is 24.5 Å². The van der Waals surface area contributed by atoms with Gasteiger partial charge in [-0.3, -0.25) is 14.5 Å². The second-order valence-corrected chi connectivity index (χ2v) is 7.54. The first-order valence-electron chi connectivity index (χ1n) is 8.29. The highest BCUT2D eigenvalue weighted by Crippen LogP contribution is 2.45. The number of carbonyl (C=O) groups excluding carboxylic acids is 3. The Hall–Kier alpha value is -1.73. The fourth-order valence-electron chi connectivity index (χ4n) is 4.08. The zero-order chi connectivity index (χ0) is 17.6. The first-order chi connectivity index (χ1) is 11.4. The highest BCUT2D eigenvalue weighted by atomic mass is 32.1. The van der Waals surface area contributed by atoms with Gasteiger partial charge < -0.3 is 10.1 Å². The third kappa shape index (κ3) is 2.22. The van der Waals surface area contributed by atoms with Crippen LogP contribution in [0.1, 0.15) is 37.3 Å². The van der Waals surface area contributed by atoms with Crippen LogP contribution in [0.5, 0.6) is 0 Å². The number of hydrogen-bond acceptors (Lipinski definition) is 5. The van der Waals surface area contributed by atoms with Crippen LogP contribution in [0, 0.1) is 18.8 Å². The molecule has 6 nitrogen and oxygen atoms in total. The van der Waals surface area contributed by atoms with Gasteiger partial charge in [-0.05, 0) is 37.8 Å². The number of rotatable bonds is 4. The highest BCUT2D eigenvalue weighted by molar-refractivity contribution is 7.10. The molecular formula is C17H23N2O4S+. The quantitative estimate of drug-likeness (QED) is 0.637. The van der Waals surface area contributed by atoms with E-state index in [0.29, 0.717) is 6.54 Å². The maximum atomic E-state index is 12.9. The molecule has 24 heavy (non-hydrogen) atoms. The monoisotopic (exact) mass is 351 g/mol. The van der Waals surface area contributed by atoms with Crippen LogP contribution in [-0.4, -0.2) is 41.4 Å². The van der Waals surface area contributed by atoms with Gasteiger partial charge in [0, 0.05) is 13.5 Å². The summed E-state index contributed by atoms with van der Waals surface area (Å²) < 4.78 is 5.24. The van der Waals surface area contributed by atoms with Gasteiger partial charge in [0.25, 0.3) is 0 Å². The van der Waals surface area contributed by atoms with Crippen molar-refractivity contribution >= 4 is 29.1 Å². The number of amides is 2. The van der Waals surface area contributed by atoms with Crippen molar-refractivity contribution < 1.29 is 24.4 Å². The topological polar surface area (TPSA) is 80.3 Å². The maximum absolute atomic E-state index is 12.9. The smallest absolute Gasteiger partial charge is 0.368 e. The number of carbonyl (C=O) groups is 3. The number of nitrogens with two attached hydrogens (primary N) is 1. The van der Waals surface area contributed by atoms with Gasteiger partial charge in [-0.2, -0.15) is 0 Å². The van der Waals surface area contributed by atoms with Gasteiger partial charge in [0.2, 0.25) is 17.4 Å². The number of thiophene rings is 1. The Morgan fingerprint density at radius 1 is 1.38 bits per heavy atom. The molecule has 1 aromatic rings. The average Bonchev–Trinajstić information content (AvgIpc) is 3.16. The predicted octanol–water partition coefficient (Wildman–Crippen LogP) is 0.618. The molecule has 2 N–H and O–H groups in total. The fraction of sp³-hybridized carbons (Fsp3) is 0.588. The standard InChI is InChI=1S/C17H22N2O4S/c1-5-19-14(20)10-11(15(19)21)17(4,16(22)23-6-2)18-12(10)13-9(3)7-8-24-13/h7-8,10-12,18H,5-6H2,1-4H3/p+1/t10-,11-,12+,17+/m0/s1. The van der Waals surface area contributed by atoms with Crippen molar-refractivity contribution in [2.75, 3.05) is 13.2 Å². The third-order valence-electron chi connectivity index (χ3n) is 5.24. The van der Waals surface area contributed by atoms with Crippen molar-refractivity contribution in [3.63, 3.8) is 0 Å². The first kappa shape index (κ1) is 17.1. The van der Waals surface area contributed by atoms with Gasteiger partial charge in [0.05, 0.1) is 11.5 Å². The first-order valence-corrected chi connectivity index (χ1v) is 9.17. The molecule has 0 spiro atoms. The molecular weight excluding hydrogens is 328 g/mol. The van der Waals surface area contributed by atoms with Crippen LogP contribution in [0.15, 0.2) is 11.4 Å². The Balaban J connectivity index is 2.09. The minimum absolute atomic E-state index is 0.172. The van der Waals surface area contributed by atoms with Gasteiger partial charge in [0.15, 0.2) is 0 Å². The molecule has 3 heterocycles. The number of fused-ring (bicyclic) bond motifs is 1. The number of imide groups is 1. The van der Waals surface area contributed by atoms with E-state index in [2.05, 4.69) is 0 Å². The van der Waals surface area contributed by atoms with E-state index >= 15 is 0 Å². The van der Waals surface area contributed by atoms with E-state index in [1.165, 1.54) is 4.90 Å². The molecule has 2 aliphatic heterocycles. The van der Waals surface area contributed by atoms with E-state index < -0.39 is 23.3 Å². The molecule has 0 unspecified atom stereocenters.